The molecule has 1 aromatic carbocycles. The van der Waals surface area contributed by atoms with E-state index in [4.69, 9.17) is 0 Å². The predicted octanol–water partition coefficient (Wildman–Crippen LogP) is 4.60. The van der Waals surface area contributed by atoms with E-state index in [-0.39, 0.29) is 0 Å². The number of benzene rings is 1. The van der Waals surface area contributed by atoms with Crippen LogP contribution in [-0.2, 0) is 0 Å². The first-order chi connectivity index (χ1) is 5.66. The summed E-state index contributed by atoms with van der Waals surface area (Å²) in [6.45, 7) is 4.32. The van der Waals surface area contributed by atoms with Crippen molar-refractivity contribution in [3.63, 3.8) is 0 Å². The lowest BCUT2D eigenvalue weighted by Crippen LogP contribution is -1.92. The van der Waals surface area contributed by atoms with E-state index in [0.717, 1.165) is 6.42 Å². The quantitative estimate of drug-likeness (QED) is 0.699. The Morgan fingerprint density at radius 3 is 2.67 bits per heavy atom. The summed E-state index contributed by atoms with van der Waals surface area (Å²) >= 11 is 7.17. The highest BCUT2D eigenvalue weighted by Crippen LogP contribution is 2.31. The lowest BCUT2D eigenvalue weighted by Gasteiger charge is -2.11. The maximum absolute atomic E-state index is 3.65. The number of alkyl halides is 1. The van der Waals surface area contributed by atoms with Crippen LogP contribution in [0.25, 0.3) is 0 Å². The second-order valence-corrected chi connectivity index (χ2v) is 4.79. The third-order valence-electron chi connectivity index (χ3n) is 2.01. The molecule has 0 saturated heterocycles. The molecule has 66 valence electrons. The van der Waals surface area contributed by atoms with E-state index in [2.05, 4.69) is 63.9 Å². The molecule has 0 N–H and O–H groups in total. The molecule has 0 spiro atoms. The Balaban J connectivity index is 3.07. The molecule has 0 aromatic heterocycles. The highest BCUT2D eigenvalue weighted by molar-refractivity contribution is 9.10. The van der Waals surface area contributed by atoms with Crippen LogP contribution in [0.4, 0.5) is 0 Å². The van der Waals surface area contributed by atoms with E-state index in [9.17, 15) is 0 Å². The molecule has 0 amide bonds. The molecule has 1 atom stereocenters. The van der Waals surface area contributed by atoms with Crippen LogP contribution in [0.15, 0.2) is 22.7 Å². The van der Waals surface area contributed by atoms with Gasteiger partial charge >= 0.3 is 0 Å². The van der Waals surface area contributed by atoms with Gasteiger partial charge in [0.1, 0.15) is 0 Å². The van der Waals surface area contributed by atoms with Crippen molar-refractivity contribution >= 4 is 31.9 Å². The molecular weight excluding hydrogens is 280 g/mol. The first-order valence-electron chi connectivity index (χ1n) is 4.06. The Labute approximate surface area is 90.6 Å². The molecule has 0 aliphatic heterocycles. The molecule has 0 heterocycles. The smallest absolute Gasteiger partial charge is 0.0395 e. The molecule has 12 heavy (non-hydrogen) atoms. The van der Waals surface area contributed by atoms with E-state index in [1.807, 2.05) is 0 Å². The fourth-order valence-electron chi connectivity index (χ4n) is 1.18. The molecule has 0 fully saturated rings. The number of rotatable bonds is 2. The van der Waals surface area contributed by atoms with Crippen molar-refractivity contribution in [3.8, 4) is 0 Å². The molecule has 2 heteroatoms. The van der Waals surface area contributed by atoms with Gasteiger partial charge in [-0.1, -0.05) is 50.9 Å². The highest BCUT2D eigenvalue weighted by atomic mass is 79.9. The van der Waals surface area contributed by atoms with Crippen LogP contribution < -0.4 is 0 Å². The third kappa shape index (κ3) is 2.11. The van der Waals surface area contributed by atoms with Gasteiger partial charge in [-0.25, -0.2) is 0 Å². The summed E-state index contributed by atoms with van der Waals surface area (Å²) in [5, 5.41) is 0. The maximum Gasteiger partial charge on any atom is 0.0395 e. The Morgan fingerprint density at radius 2 is 2.08 bits per heavy atom. The first-order valence-corrected chi connectivity index (χ1v) is 5.76. The fourth-order valence-corrected chi connectivity index (χ4v) is 2.06. The van der Waals surface area contributed by atoms with Crippen LogP contribution in [0.3, 0.4) is 0 Å². The SMILES string of the molecule is CCC(Br)c1cccc(Br)c1C. The van der Waals surface area contributed by atoms with Gasteiger partial charge in [0, 0.05) is 9.30 Å². The standard InChI is InChI=1S/C10H12Br2/c1-3-9(11)8-5-4-6-10(12)7(8)2/h4-6,9H,3H2,1-2H3. The molecule has 1 unspecified atom stereocenters. The minimum Gasteiger partial charge on any atom is -0.0839 e. The van der Waals surface area contributed by atoms with E-state index in [0.29, 0.717) is 4.83 Å². The van der Waals surface area contributed by atoms with Gasteiger partial charge in [-0.2, -0.15) is 0 Å². The average molecular weight is 292 g/mol. The van der Waals surface area contributed by atoms with Crippen molar-refractivity contribution in [2.75, 3.05) is 0 Å². The van der Waals surface area contributed by atoms with Crippen LogP contribution in [-0.4, -0.2) is 0 Å². The van der Waals surface area contributed by atoms with Crippen molar-refractivity contribution in [3.05, 3.63) is 33.8 Å². The monoisotopic (exact) mass is 290 g/mol. The predicted molar refractivity (Wildman–Crippen MR) is 60.8 cm³/mol. The lowest BCUT2D eigenvalue weighted by atomic mass is 10.0. The van der Waals surface area contributed by atoms with E-state index >= 15 is 0 Å². The van der Waals surface area contributed by atoms with Crippen LogP contribution in [0, 0.1) is 6.92 Å². The lowest BCUT2D eigenvalue weighted by molar-refractivity contribution is 0.901. The average Bonchev–Trinajstić information content (AvgIpc) is 2.08. The third-order valence-corrected chi connectivity index (χ3v) is 4.01. The molecule has 1 rings (SSSR count). The zero-order valence-electron chi connectivity index (χ0n) is 7.27. The molecule has 0 aliphatic carbocycles. The van der Waals surface area contributed by atoms with Crippen molar-refractivity contribution in [1.29, 1.82) is 0 Å². The Morgan fingerprint density at radius 1 is 1.42 bits per heavy atom. The van der Waals surface area contributed by atoms with Gasteiger partial charge in [0.2, 0.25) is 0 Å². The Kier molecular flexibility index (Phi) is 3.78. The van der Waals surface area contributed by atoms with Gasteiger partial charge in [0.05, 0.1) is 0 Å². The number of hydrogen-bond donors (Lipinski definition) is 0. The second kappa shape index (κ2) is 4.43. The van der Waals surface area contributed by atoms with Crippen LogP contribution >= 0.6 is 31.9 Å². The van der Waals surface area contributed by atoms with Crippen LogP contribution in [0.2, 0.25) is 0 Å². The summed E-state index contributed by atoms with van der Waals surface area (Å²) in [6, 6.07) is 6.33. The normalized spacial score (nSPS) is 13.0. The zero-order valence-corrected chi connectivity index (χ0v) is 10.4. The first kappa shape index (κ1) is 10.3. The number of halogens is 2. The molecule has 0 aliphatic rings. The van der Waals surface area contributed by atoms with Gasteiger partial charge < -0.3 is 0 Å². The largest absolute Gasteiger partial charge is 0.0839 e. The van der Waals surface area contributed by atoms with Crippen LogP contribution in [0.5, 0.6) is 0 Å². The summed E-state index contributed by atoms with van der Waals surface area (Å²) in [4.78, 5) is 0.481. The molecule has 0 nitrogen and oxygen atoms in total. The topological polar surface area (TPSA) is 0 Å². The van der Waals surface area contributed by atoms with Gasteiger partial charge in [-0.15, -0.1) is 0 Å². The maximum atomic E-state index is 3.65. The van der Waals surface area contributed by atoms with Crippen molar-refractivity contribution in [1.82, 2.24) is 0 Å². The van der Waals surface area contributed by atoms with Crippen molar-refractivity contribution in [2.24, 2.45) is 0 Å². The van der Waals surface area contributed by atoms with Gasteiger partial charge in [0.25, 0.3) is 0 Å². The van der Waals surface area contributed by atoms with E-state index < -0.39 is 0 Å². The van der Waals surface area contributed by atoms with Gasteiger partial charge in [-0.3, -0.25) is 0 Å². The minimum atomic E-state index is 0.481. The van der Waals surface area contributed by atoms with Crippen molar-refractivity contribution < 1.29 is 0 Å². The summed E-state index contributed by atoms with van der Waals surface area (Å²) in [7, 11) is 0. The Bertz CT molecular complexity index is 269. The van der Waals surface area contributed by atoms with E-state index in [1.165, 1.54) is 15.6 Å². The summed E-state index contributed by atoms with van der Waals surface area (Å²) in [5.74, 6) is 0. The highest BCUT2D eigenvalue weighted by Gasteiger charge is 2.08. The fraction of sp³-hybridized carbons (Fsp3) is 0.400. The molecule has 0 saturated carbocycles. The molecule has 0 radical (unpaired) electrons. The Hall–Kier alpha value is 0.180. The second-order valence-electron chi connectivity index (χ2n) is 2.83. The minimum absolute atomic E-state index is 0.481. The van der Waals surface area contributed by atoms with Crippen molar-refractivity contribution in [2.45, 2.75) is 25.1 Å². The van der Waals surface area contributed by atoms with Gasteiger partial charge in [0.15, 0.2) is 0 Å². The molecule has 1 aromatic rings. The summed E-state index contributed by atoms with van der Waals surface area (Å²) < 4.78 is 1.19. The van der Waals surface area contributed by atoms with Crippen LogP contribution in [0.1, 0.15) is 29.3 Å². The molecule has 0 bridgehead atoms. The number of hydrogen-bond acceptors (Lipinski definition) is 0. The summed E-state index contributed by atoms with van der Waals surface area (Å²) in [5.41, 5.74) is 2.72. The van der Waals surface area contributed by atoms with Gasteiger partial charge in [-0.05, 0) is 30.5 Å². The summed E-state index contributed by atoms with van der Waals surface area (Å²) in [6.07, 6.45) is 1.12. The molecular formula is C10H12Br2. The van der Waals surface area contributed by atoms with E-state index in [1.54, 1.807) is 0 Å². The zero-order chi connectivity index (χ0) is 9.14.